The van der Waals surface area contributed by atoms with Crippen LogP contribution in [0.4, 0.5) is 0 Å². The van der Waals surface area contributed by atoms with Crippen LogP contribution in [0.3, 0.4) is 0 Å². The second-order valence-electron chi connectivity index (χ2n) is 4.46. The van der Waals surface area contributed by atoms with E-state index in [9.17, 15) is 10.2 Å². The summed E-state index contributed by atoms with van der Waals surface area (Å²) < 4.78 is 0. The molecule has 0 bridgehead atoms. The highest BCUT2D eigenvalue weighted by Gasteiger charge is 2.37. The fourth-order valence-corrected chi connectivity index (χ4v) is 1.71. The molecular formula is C9H18O2. The maximum absolute atomic E-state index is 9.38. The lowest BCUT2D eigenvalue weighted by Gasteiger charge is -2.41. The molecule has 1 aliphatic carbocycles. The molecule has 2 N–H and O–H groups in total. The summed E-state index contributed by atoms with van der Waals surface area (Å²) in [6.45, 7) is 6.43. The van der Waals surface area contributed by atoms with E-state index in [1.54, 1.807) is 0 Å². The SMILES string of the molecule is C[C@H]1C[C@@H](O)[C@H](O)CC1(C)C. The maximum Gasteiger partial charge on any atom is 0.0804 e. The smallest absolute Gasteiger partial charge is 0.0804 e. The fraction of sp³-hybridized carbons (Fsp3) is 1.00. The first kappa shape index (κ1) is 9.01. The number of rotatable bonds is 0. The Kier molecular flexibility index (Phi) is 2.26. The summed E-state index contributed by atoms with van der Waals surface area (Å²) in [5.41, 5.74) is 0.179. The van der Waals surface area contributed by atoms with E-state index in [0.717, 1.165) is 12.8 Å². The standard InChI is InChI=1S/C9H18O2/c1-6-4-7(10)8(11)5-9(6,2)3/h6-8,10-11H,4-5H2,1-3H3/t6-,7+,8+/m0/s1. The molecule has 0 unspecified atom stereocenters. The van der Waals surface area contributed by atoms with Gasteiger partial charge in [-0.2, -0.15) is 0 Å². The van der Waals surface area contributed by atoms with Crippen molar-refractivity contribution in [1.82, 2.24) is 0 Å². The molecule has 1 fully saturated rings. The zero-order valence-corrected chi connectivity index (χ0v) is 7.54. The van der Waals surface area contributed by atoms with Gasteiger partial charge in [-0.05, 0) is 24.2 Å². The molecular weight excluding hydrogens is 140 g/mol. The Morgan fingerprint density at radius 2 is 1.73 bits per heavy atom. The average Bonchev–Trinajstić information content (AvgIpc) is 1.83. The van der Waals surface area contributed by atoms with Gasteiger partial charge in [-0.3, -0.25) is 0 Å². The van der Waals surface area contributed by atoms with Crippen LogP contribution >= 0.6 is 0 Å². The first-order valence-corrected chi connectivity index (χ1v) is 4.29. The minimum atomic E-state index is -0.513. The lowest BCUT2D eigenvalue weighted by molar-refractivity contribution is -0.0687. The van der Waals surface area contributed by atoms with Gasteiger partial charge < -0.3 is 10.2 Å². The molecule has 0 amide bonds. The molecule has 0 aliphatic heterocycles. The Bertz CT molecular complexity index is 142. The van der Waals surface area contributed by atoms with Crippen LogP contribution in [0.15, 0.2) is 0 Å². The van der Waals surface area contributed by atoms with Crippen LogP contribution in [-0.4, -0.2) is 22.4 Å². The van der Waals surface area contributed by atoms with E-state index in [4.69, 9.17) is 0 Å². The Morgan fingerprint density at radius 3 is 2.18 bits per heavy atom. The molecule has 3 atom stereocenters. The highest BCUT2D eigenvalue weighted by atomic mass is 16.3. The zero-order chi connectivity index (χ0) is 8.65. The minimum Gasteiger partial charge on any atom is -0.390 e. The topological polar surface area (TPSA) is 40.5 Å². The summed E-state index contributed by atoms with van der Waals surface area (Å²) in [5.74, 6) is 0.501. The summed E-state index contributed by atoms with van der Waals surface area (Å²) >= 11 is 0. The van der Waals surface area contributed by atoms with Gasteiger partial charge in [-0.25, -0.2) is 0 Å². The molecule has 0 radical (unpaired) electrons. The molecule has 11 heavy (non-hydrogen) atoms. The van der Waals surface area contributed by atoms with Crippen molar-refractivity contribution in [1.29, 1.82) is 0 Å². The quantitative estimate of drug-likeness (QED) is 0.555. The van der Waals surface area contributed by atoms with E-state index in [-0.39, 0.29) is 5.41 Å². The summed E-state index contributed by atoms with van der Waals surface area (Å²) in [5, 5.41) is 18.7. The average molecular weight is 158 g/mol. The van der Waals surface area contributed by atoms with Crippen LogP contribution in [0.1, 0.15) is 33.6 Å². The molecule has 0 spiro atoms. The van der Waals surface area contributed by atoms with Crippen molar-refractivity contribution >= 4 is 0 Å². The molecule has 1 saturated carbocycles. The number of aliphatic hydroxyl groups is 2. The van der Waals surface area contributed by atoms with E-state index < -0.39 is 12.2 Å². The molecule has 66 valence electrons. The predicted octanol–water partition coefficient (Wildman–Crippen LogP) is 1.16. The Hall–Kier alpha value is -0.0800. The van der Waals surface area contributed by atoms with Gasteiger partial charge in [0.25, 0.3) is 0 Å². The van der Waals surface area contributed by atoms with E-state index in [0.29, 0.717) is 5.92 Å². The van der Waals surface area contributed by atoms with Crippen molar-refractivity contribution in [3.05, 3.63) is 0 Å². The van der Waals surface area contributed by atoms with Crippen LogP contribution in [0, 0.1) is 11.3 Å². The van der Waals surface area contributed by atoms with E-state index in [2.05, 4.69) is 20.8 Å². The summed E-state index contributed by atoms with van der Waals surface area (Å²) in [4.78, 5) is 0. The van der Waals surface area contributed by atoms with Crippen molar-refractivity contribution in [2.75, 3.05) is 0 Å². The maximum atomic E-state index is 9.38. The van der Waals surface area contributed by atoms with Crippen molar-refractivity contribution in [3.63, 3.8) is 0 Å². The van der Waals surface area contributed by atoms with Gasteiger partial charge in [0, 0.05) is 0 Å². The van der Waals surface area contributed by atoms with E-state index in [1.165, 1.54) is 0 Å². The highest BCUT2D eigenvalue weighted by Crippen LogP contribution is 2.40. The van der Waals surface area contributed by atoms with Gasteiger partial charge in [0.2, 0.25) is 0 Å². The third-order valence-electron chi connectivity index (χ3n) is 3.11. The largest absolute Gasteiger partial charge is 0.390 e. The van der Waals surface area contributed by atoms with Crippen molar-refractivity contribution in [3.8, 4) is 0 Å². The van der Waals surface area contributed by atoms with Crippen LogP contribution in [0.2, 0.25) is 0 Å². The Labute approximate surface area is 68.2 Å². The lowest BCUT2D eigenvalue weighted by Crippen LogP contribution is -2.42. The third kappa shape index (κ3) is 1.74. The Morgan fingerprint density at radius 1 is 1.18 bits per heavy atom. The molecule has 0 heterocycles. The Balaban J connectivity index is 2.63. The van der Waals surface area contributed by atoms with Gasteiger partial charge in [-0.15, -0.1) is 0 Å². The molecule has 2 nitrogen and oxygen atoms in total. The monoisotopic (exact) mass is 158 g/mol. The number of aliphatic hydroxyl groups excluding tert-OH is 2. The summed E-state index contributed by atoms with van der Waals surface area (Å²) in [6.07, 6.45) is 0.433. The fourth-order valence-electron chi connectivity index (χ4n) is 1.71. The van der Waals surface area contributed by atoms with E-state index in [1.807, 2.05) is 0 Å². The second kappa shape index (κ2) is 2.76. The van der Waals surface area contributed by atoms with Crippen LogP contribution < -0.4 is 0 Å². The lowest BCUT2D eigenvalue weighted by atomic mass is 9.68. The number of hydrogen-bond acceptors (Lipinski definition) is 2. The van der Waals surface area contributed by atoms with Crippen LogP contribution in [0.25, 0.3) is 0 Å². The predicted molar refractivity (Wildman–Crippen MR) is 44.2 cm³/mol. The van der Waals surface area contributed by atoms with Gasteiger partial charge in [0.1, 0.15) is 0 Å². The minimum absolute atomic E-state index is 0.179. The number of hydrogen-bond donors (Lipinski definition) is 2. The van der Waals surface area contributed by atoms with Gasteiger partial charge in [0.15, 0.2) is 0 Å². The van der Waals surface area contributed by atoms with E-state index >= 15 is 0 Å². The van der Waals surface area contributed by atoms with Crippen LogP contribution in [-0.2, 0) is 0 Å². The molecule has 1 aliphatic rings. The second-order valence-corrected chi connectivity index (χ2v) is 4.46. The molecule has 2 heteroatoms. The zero-order valence-electron chi connectivity index (χ0n) is 7.54. The molecule has 0 aromatic heterocycles. The highest BCUT2D eigenvalue weighted by molar-refractivity contribution is 4.88. The molecule has 1 rings (SSSR count). The molecule has 0 aromatic rings. The normalized spacial score (nSPS) is 43.9. The first-order valence-electron chi connectivity index (χ1n) is 4.29. The van der Waals surface area contributed by atoms with Crippen molar-refractivity contribution in [2.45, 2.75) is 45.8 Å². The van der Waals surface area contributed by atoms with Gasteiger partial charge in [-0.1, -0.05) is 20.8 Å². The summed E-state index contributed by atoms with van der Waals surface area (Å²) in [6, 6.07) is 0. The van der Waals surface area contributed by atoms with Gasteiger partial charge >= 0.3 is 0 Å². The van der Waals surface area contributed by atoms with Crippen molar-refractivity contribution < 1.29 is 10.2 Å². The molecule has 0 aromatic carbocycles. The first-order chi connectivity index (χ1) is 4.93. The molecule has 0 saturated heterocycles. The van der Waals surface area contributed by atoms with Gasteiger partial charge in [0.05, 0.1) is 12.2 Å². The summed E-state index contributed by atoms with van der Waals surface area (Å²) in [7, 11) is 0. The van der Waals surface area contributed by atoms with Crippen molar-refractivity contribution in [2.24, 2.45) is 11.3 Å². The van der Waals surface area contributed by atoms with Crippen LogP contribution in [0.5, 0.6) is 0 Å². The third-order valence-corrected chi connectivity index (χ3v) is 3.11.